The molecule has 182 valence electrons. The minimum atomic E-state index is -1.21. The van der Waals surface area contributed by atoms with Crippen LogP contribution in [0.2, 0.25) is 0 Å². The molecule has 1 aliphatic heterocycles. The molecule has 1 atom stereocenters. The standard InChI is InChI=1S/C26H34N4O4/c1-5-18-9-13-20(14-10-18)30-23(31)22-15-21(24(32)34-6-2)28-29(22)16-26(30,4)25(33)27-19-11-7-17(3)8-12-19/h9-10,13-15,17,19H,5-8,11-12,16H2,1-4H3,(H,27,33). The summed E-state index contributed by atoms with van der Waals surface area (Å²) in [5.41, 5.74) is 0.906. The molecule has 1 aliphatic carbocycles. The molecule has 1 unspecified atom stereocenters. The van der Waals surface area contributed by atoms with Crippen LogP contribution in [-0.4, -0.2) is 45.8 Å². The van der Waals surface area contributed by atoms with Gasteiger partial charge in [0.05, 0.1) is 13.2 Å². The first-order valence-electron chi connectivity index (χ1n) is 12.3. The average Bonchev–Trinajstić information content (AvgIpc) is 3.25. The Morgan fingerprint density at radius 2 is 1.82 bits per heavy atom. The van der Waals surface area contributed by atoms with Crippen molar-refractivity contribution in [2.75, 3.05) is 11.5 Å². The van der Waals surface area contributed by atoms with Gasteiger partial charge in [-0.3, -0.25) is 19.2 Å². The van der Waals surface area contributed by atoms with Crippen molar-refractivity contribution < 1.29 is 19.1 Å². The van der Waals surface area contributed by atoms with Crippen molar-refractivity contribution in [3.8, 4) is 0 Å². The molecule has 8 nitrogen and oxygen atoms in total. The summed E-state index contributed by atoms with van der Waals surface area (Å²) in [6.07, 6.45) is 4.90. The third kappa shape index (κ3) is 4.45. The lowest BCUT2D eigenvalue weighted by Gasteiger charge is -2.44. The van der Waals surface area contributed by atoms with Gasteiger partial charge in [-0.2, -0.15) is 5.10 Å². The summed E-state index contributed by atoms with van der Waals surface area (Å²) < 4.78 is 6.53. The molecule has 2 aromatic rings. The predicted octanol–water partition coefficient (Wildman–Crippen LogP) is 3.74. The van der Waals surface area contributed by atoms with Crippen molar-refractivity contribution in [2.45, 2.75) is 77.9 Å². The van der Waals surface area contributed by atoms with Crippen molar-refractivity contribution in [3.05, 3.63) is 47.3 Å². The van der Waals surface area contributed by atoms with E-state index in [1.807, 2.05) is 24.3 Å². The first-order valence-corrected chi connectivity index (χ1v) is 12.3. The van der Waals surface area contributed by atoms with E-state index < -0.39 is 11.5 Å². The van der Waals surface area contributed by atoms with E-state index in [0.717, 1.165) is 37.7 Å². The van der Waals surface area contributed by atoms with Crippen LogP contribution < -0.4 is 10.2 Å². The van der Waals surface area contributed by atoms with Gasteiger partial charge in [-0.25, -0.2) is 4.79 Å². The third-order valence-electron chi connectivity index (χ3n) is 7.08. The number of nitrogens with one attached hydrogen (secondary N) is 1. The molecule has 2 aliphatic rings. The van der Waals surface area contributed by atoms with Crippen molar-refractivity contribution in [1.82, 2.24) is 15.1 Å². The number of amides is 2. The van der Waals surface area contributed by atoms with Gasteiger partial charge >= 0.3 is 5.97 Å². The van der Waals surface area contributed by atoms with Crippen LogP contribution in [0.25, 0.3) is 0 Å². The molecule has 0 radical (unpaired) electrons. The van der Waals surface area contributed by atoms with Crippen molar-refractivity contribution in [2.24, 2.45) is 5.92 Å². The first-order chi connectivity index (χ1) is 16.3. The van der Waals surface area contributed by atoms with E-state index in [2.05, 4.69) is 24.3 Å². The SMILES string of the molecule is CCOC(=O)c1cc2n(n1)CC(C)(C(=O)NC1CCC(C)CC1)N(c1ccc(CC)cc1)C2=O. The fourth-order valence-electron chi connectivity index (χ4n) is 4.92. The van der Waals surface area contributed by atoms with E-state index in [-0.39, 0.29) is 42.4 Å². The van der Waals surface area contributed by atoms with Crippen LogP contribution in [0.15, 0.2) is 30.3 Å². The molecule has 2 heterocycles. The second-order valence-electron chi connectivity index (χ2n) is 9.66. The number of fused-ring (bicyclic) bond motifs is 1. The number of aryl methyl sites for hydroxylation is 1. The fraction of sp³-hybridized carbons (Fsp3) is 0.538. The molecule has 1 fully saturated rings. The molecule has 8 heteroatoms. The largest absolute Gasteiger partial charge is 0.461 e. The summed E-state index contributed by atoms with van der Waals surface area (Å²) in [6, 6.07) is 9.24. The Balaban J connectivity index is 1.71. The van der Waals surface area contributed by atoms with Gasteiger partial charge in [0.25, 0.3) is 5.91 Å². The molecule has 2 amide bonds. The Labute approximate surface area is 200 Å². The quantitative estimate of drug-likeness (QED) is 0.655. The minimum Gasteiger partial charge on any atom is -0.461 e. The monoisotopic (exact) mass is 466 g/mol. The number of anilines is 1. The highest BCUT2D eigenvalue weighted by molar-refractivity contribution is 6.12. The van der Waals surface area contributed by atoms with Gasteiger partial charge in [0.15, 0.2) is 5.69 Å². The van der Waals surface area contributed by atoms with Crippen LogP contribution >= 0.6 is 0 Å². The van der Waals surface area contributed by atoms with Crippen LogP contribution in [0, 0.1) is 5.92 Å². The lowest BCUT2D eigenvalue weighted by Crippen LogP contribution is -2.65. The molecule has 0 spiro atoms. The van der Waals surface area contributed by atoms with Crippen molar-refractivity contribution >= 4 is 23.5 Å². The fourth-order valence-corrected chi connectivity index (χ4v) is 4.92. The number of rotatable bonds is 6. The van der Waals surface area contributed by atoms with Gasteiger partial charge in [0, 0.05) is 17.8 Å². The number of carbonyl (C=O) groups excluding carboxylic acids is 3. The van der Waals surface area contributed by atoms with E-state index in [4.69, 9.17) is 4.74 Å². The molecule has 4 rings (SSSR count). The molecule has 1 aromatic heterocycles. The Morgan fingerprint density at radius 3 is 2.44 bits per heavy atom. The van der Waals surface area contributed by atoms with Crippen LogP contribution in [0.5, 0.6) is 0 Å². The highest BCUT2D eigenvalue weighted by atomic mass is 16.5. The second kappa shape index (κ2) is 9.60. The van der Waals surface area contributed by atoms with E-state index in [9.17, 15) is 14.4 Å². The number of aromatic nitrogens is 2. The summed E-state index contributed by atoms with van der Waals surface area (Å²) in [4.78, 5) is 41.3. The Hall–Kier alpha value is -3.16. The van der Waals surface area contributed by atoms with Gasteiger partial charge in [0.2, 0.25) is 5.91 Å². The van der Waals surface area contributed by atoms with Crippen molar-refractivity contribution in [1.29, 1.82) is 0 Å². The Bertz CT molecular complexity index is 1070. The molecular formula is C26H34N4O4. The lowest BCUT2D eigenvalue weighted by atomic mass is 9.86. The molecule has 34 heavy (non-hydrogen) atoms. The summed E-state index contributed by atoms with van der Waals surface area (Å²) in [7, 11) is 0. The molecule has 1 aromatic carbocycles. The number of ether oxygens (including phenoxy) is 1. The topological polar surface area (TPSA) is 93.5 Å². The zero-order chi connectivity index (χ0) is 24.5. The predicted molar refractivity (Wildman–Crippen MR) is 129 cm³/mol. The first kappa shape index (κ1) is 24.0. The molecule has 0 saturated heterocycles. The molecule has 1 saturated carbocycles. The number of esters is 1. The maximum absolute atomic E-state index is 13.8. The van der Waals surface area contributed by atoms with Crippen LogP contribution in [0.3, 0.4) is 0 Å². The van der Waals surface area contributed by atoms with E-state index in [0.29, 0.717) is 11.6 Å². The van der Waals surface area contributed by atoms with Gasteiger partial charge in [-0.1, -0.05) is 26.0 Å². The van der Waals surface area contributed by atoms with Crippen LogP contribution in [0.4, 0.5) is 5.69 Å². The van der Waals surface area contributed by atoms with Gasteiger partial charge in [0.1, 0.15) is 11.2 Å². The molecule has 1 N–H and O–H groups in total. The molecular weight excluding hydrogens is 432 g/mol. The normalized spacial score (nSPS) is 24.5. The average molecular weight is 467 g/mol. The number of hydrogen-bond donors (Lipinski definition) is 1. The van der Waals surface area contributed by atoms with E-state index >= 15 is 0 Å². The number of carbonyl (C=O) groups is 3. The van der Waals surface area contributed by atoms with Crippen LogP contribution in [-0.2, 0) is 22.5 Å². The lowest BCUT2D eigenvalue weighted by molar-refractivity contribution is -0.127. The highest BCUT2D eigenvalue weighted by Gasteiger charge is 2.49. The van der Waals surface area contributed by atoms with E-state index in [1.165, 1.54) is 10.7 Å². The second-order valence-corrected chi connectivity index (χ2v) is 9.66. The number of nitrogens with zero attached hydrogens (tertiary/aromatic N) is 3. The van der Waals surface area contributed by atoms with Gasteiger partial charge < -0.3 is 10.1 Å². The number of hydrogen-bond acceptors (Lipinski definition) is 5. The Morgan fingerprint density at radius 1 is 1.15 bits per heavy atom. The maximum Gasteiger partial charge on any atom is 0.358 e. The number of benzene rings is 1. The van der Waals surface area contributed by atoms with Gasteiger partial charge in [-0.15, -0.1) is 0 Å². The van der Waals surface area contributed by atoms with Crippen LogP contribution in [0.1, 0.15) is 79.9 Å². The highest BCUT2D eigenvalue weighted by Crippen LogP contribution is 2.34. The van der Waals surface area contributed by atoms with Gasteiger partial charge in [-0.05, 0) is 69.6 Å². The zero-order valence-corrected chi connectivity index (χ0v) is 20.5. The summed E-state index contributed by atoms with van der Waals surface area (Å²) in [6.45, 7) is 8.14. The summed E-state index contributed by atoms with van der Waals surface area (Å²) in [5.74, 6) is -0.493. The van der Waals surface area contributed by atoms with E-state index in [1.54, 1.807) is 18.7 Å². The molecule has 0 bridgehead atoms. The zero-order valence-electron chi connectivity index (χ0n) is 20.5. The summed E-state index contributed by atoms with van der Waals surface area (Å²) in [5, 5.41) is 7.53. The maximum atomic E-state index is 13.8. The van der Waals surface area contributed by atoms with Crippen molar-refractivity contribution in [3.63, 3.8) is 0 Å². The Kier molecular flexibility index (Phi) is 6.77. The smallest absolute Gasteiger partial charge is 0.358 e. The summed E-state index contributed by atoms with van der Waals surface area (Å²) >= 11 is 0. The third-order valence-corrected chi connectivity index (χ3v) is 7.08. The minimum absolute atomic E-state index is 0.0670.